The first-order chi connectivity index (χ1) is 9.06. The van der Waals surface area contributed by atoms with Crippen LogP contribution in [0.15, 0.2) is 42.5 Å². The molecule has 2 rings (SSSR count). The first-order valence-corrected chi connectivity index (χ1v) is 5.86. The summed E-state index contributed by atoms with van der Waals surface area (Å²) >= 11 is 5.58. The maximum absolute atomic E-state index is 13.2. The number of rotatable bonds is 4. The number of hydrogen-bond acceptors (Lipinski definition) is 3. The highest BCUT2D eigenvalue weighted by Gasteiger charge is 2.04. The van der Waals surface area contributed by atoms with Crippen LogP contribution in [0.5, 0.6) is 0 Å². The van der Waals surface area contributed by atoms with Crippen LogP contribution in [0.1, 0.15) is 5.56 Å². The summed E-state index contributed by atoms with van der Waals surface area (Å²) in [6.07, 6.45) is 0. The SMILES string of the molecule is O=[N+]([O-])c1ccc(CNc2ccc(Cl)c(F)c2)cc1. The Morgan fingerprint density at radius 2 is 1.89 bits per heavy atom. The number of nitro benzene ring substituents is 1. The Bertz CT molecular complexity index is 602. The molecule has 0 amide bonds. The smallest absolute Gasteiger partial charge is 0.269 e. The van der Waals surface area contributed by atoms with Gasteiger partial charge in [0.15, 0.2) is 0 Å². The van der Waals surface area contributed by atoms with Gasteiger partial charge in [-0.05, 0) is 23.8 Å². The highest BCUT2D eigenvalue weighted by Crippen LogP contribution is 2.19. The second kappa shape index (κ2) is 5.67. The van der Waals surface area contributed by atoms with E-state index in [1.807, 2.05) is 0 Å². The number of nitro groups is 1. The molecule has 4 nitrogen and oxygen atoms in total. The Labute approximate surface area is 114 Å². The number of nitrogens with one attached hydrogen (secondary N) is 1. The van der Waals surface area contributed by atoms with Gasteiger partial charge in [0.25, 0.3) is 5.69 Å². The summed E-state index contributed by atoms with van der Waals surface area (Å²) in [5.74, 6) is -0.490. The monoisotopic (exact) mass is 280 g/mol. The molecule has 0 saturated carbocycles. The molecule has 0 saturated heterocycles. The van der Waals surface area contributed by atoms with Gasteiger partial charge in [0.2, 0.25) is 0 Å². The molecule has 0 unspecified atom stereocenters. The van der Waals surface area contributed by atoms with Crippen molar-refractivity contribution in [2.45, 2.75) is 6.54 Å². The van der Waals surface area contributed by atoms with Crippen molar-refractivity contribution in [2.75, 3.05) is 5.32 Å². The molecule has 0 aliphatic heterocycles. The lowest BCUT2D eigenvalue weighted by atomic mass is 10.2. The Balaban J connectivity index is 2.01. The van der Waals surface area contributed by atoms with Crippen LogP contribution in [0.2, 0.25) is 5.02 Å². The van der Waals surface area contributed by atoms with Crippen LogP contribution in [-0.2, 0) is 6.54 Å². The zero-order valence-corrected chi connectivity index (χ0v) is 10.5. The Morgan fingerprint density at radius 1 is 1.21 bits per heavy atom. The van der Waals surface area contributed by atoms with Gasteiger partial charge >= 0.3 is 0 Å². The van der Waals surface area contributed by atoms with E-state index in [-0.39, 0.29) is 10.7 Å². The highest BCUT2D eigenvalue weighted by atomic mass is 35.5. The zero-order chi connectivity index (χ0) is 13.8. The fourth-order valence-electron chi connectivity index (χ4n) is 1.55. The van der Waals surface area contributed by atoms with Crippen LogP contribution in [0, 0.1) is 15.9 Å². The van der Waals surface area contributed by atoms with Crippen LogP contribution < -0.4 is 5.32 Å². The first kappa shape index (κ1) is 13.3. The second-order valence-corrected chi connectivity index (χ2v) is 4.31. The lowest BCUT2D eigenvalue weighted by Gasteiger charge is -2.07. The maximum Gasteiger partial charge on any atom is 0.269 e. The minimum Gasteiger partial charge on any atom is -0.381 e. The summed E-state index contributed by atoms with van der Waals surface area (Å²) < 4.78 is 13.2. The summed E-state index contributed by atoms with van der Waals surface area (Å²) in [6.45, 7) is 0.444. The average Bonchev–Trinajstić information content (AvgIpc) is 2.40. The van der Waals surface area contributed by atoms with Gasteiger partial charge in [-0.1, -0.05) is 23.7 Å². The molecule has 6 heteroatoms. The zero-order valence-electron chi connectivity index (χ0n) is 9.77. The fraction of sp³-hybridized carbons (Fsp3) is 0.0769. The van der Waals surface area contributed by atoms with Crippen LogP contribution in [0.3, 0.4) is 0 Å². The third-order valence-electron chi connectivity index (χ3n) is 2.56. The lowest BCUT2D eigenvalue weighted by Crippen LogP contribution is -2.00. The standard InChI is InChI=1S/C13H10ClFN2O2/c14-12-6-3-10(7-13(12)15)16-8-9-1-4-11(5-2-9)17(18)19/h1-7,16H,8H2. The molecule has 0 heterocycles. The van der Waals surface area contributed by atoms with Crippen LogP contribution in [-0.4, -0.2) is 4.92 Å². The van der Waals surface area contributed by atoms with Gasteiger partial charge in [0.1, 0.15) is 5.82 Å². The van der Waals surface area contributed by atoms with E-state index in [4.69, 9.17) is 11.6 Å². The average molecular weight is 281 g/mol. The number of nitrogens with zero attached hydrogens (tertiary/aromatic N) is 1. The van der Waals surface area contributed by atoms with Crippen LogP contribution in [0.4, 0.5) is 15.8 Å². The van der Waals surface area contributed by atoms with Crippen molar-refractivity contribution in [2.24, 2.45) is 0 Å². The Kier molecular flexibility index (Phi) is 3.97. The Morgan fingerprint density at radius 3 is 2.47 bits per heavy atom. The van der Waals surface area contributed by atoms with E-state index in [0.29, 0.717) is 12.2 Å². The molecule has 98 valence electrons. The normalized spacial score (nSPS) is 10.2. The van der Waals surface area contributed by atoms with Crippen LogP contribution >= 0.6 is 11.6 Å². The first-order valence-electron chi connectivity index (χ1n) is 5.48. The van der Waals surface area contributed by atoms with Crippen molar-refractivity contribution >= 4 is 23.0 Å². The van der Waals surface area contributed by atoms with Gasteiger partial charge in [0, 0.05) is 24.4 Å². The summed E-state index contributed by atoms with van der Waals surface area (Å²) in [6, 6.07) is 10.6. The molecule has 0 aliphatic rings. The van der Waals surface area contributed by atoms with Crippen molar-refractivity contribution in [3.05, 3.63) is 69.0 Å². The number of halogens is 2. The third-order valence-corrected chi connectivity index (χ3v) is 2.87. The van der Waals surface area contributed by atoms with Crippen molar-refractivity contribution in [1.82, 2.24) is 0 Å². The molecule has 0 radical (unpaired) electrons. The number of hydrogen-bond donors (Lipinski definition) is 1. The van der Waals surface area contributed by atoms with Crippen molar-refractivity contribution < 1.29 is 9.31 Å². The molecule has 0 fully saturated rings. The third kappa shape index (κ3) is 3.42. The molecule has 1 N–H and O–H groups in total. The van der Waals surface area contributed by atoms with E-state index in [1.165, 1.54) is 24.3 Å². The topological polar surface area (TPSA) is 55.2 Å². The Hall–Kier alpha value is -2.14. The second-order valence-electron chi connectivity index (χ2n) is 3.91. The van der Waals surface area contributed by atoms with Gasteiger partial charge in [-0.2, -0.15) is 0 Å². The van der Waals surface area contributed by atoms with E-state index >= 15 is 0 Å². The molecule has 2 aromatic carbocycles. The largest absolute Gasteiger partial charge is 0.381 e. The predicted molar refractivity (Wildman–Crippen MR) is 71.8 cm³/mol. The maximum atomic E-state index is 13.2. The van der Waals surface area contributed by atoms with Crippen molar-refractivity contribution in [3.63, 3.8) is 0 Å². The molecule has 0 aromatic heterocycles. The lowest BCUT2D eigenvalue weighted by molar-refractivity contribution is -0.384. The van der Waals surface area contributed by atoms with Gasteiger partial charge in [0.05, 0.1) is 9.95 Å². The molecule has 0 bridgehead atoms. The molecular formula is C13H10ClFN2O2. The van der Waals surface area contributed by atoms with E-state index in [0.717, 1.165) is 5.56 Å². The summed E-state index contributed by atoms with van der Waals surface area (Å²) in [4.78, 5) is 10.0. The van der Waals surface area contributed by atoms with Gasteiger partial charge in [-0.3, -0.25) is 10.1 Å². The van der Waals surface area contributed by atoms with Gasteiger partial charge in [-0.15, -0.1) is 0 Å². The van der Waals surface area contributed by atoms with Gasteiger partial charge in [-0.25, -0.2) is 4.39 Å². The van der Waals surface area contributed by atoms with Crippen molar-refractivity contribution in [1.29, 1.82) is 0 Å². The summed E-state index contributed by atoms with van der Waals surface area (Å²) in [5, 5.41) is 13.6. The highest BCUT2D eigenvalue weighted by molar-refractivity contribution is 6.30. The molecule has 0 atom stereocenters. The minimum absolute atomic E-state index is 0.0429. The quantitative estimate of drug-likeness (QED) is 0.680. The van der Waals surface area contributed by atoms with E-state index < -0.39 is 10.7 Å². The van der Waals surface area contributed by atoms with E-state index in [9.17, 15) is 14.5 Å². The van der Waals surface area contributed by atoms with Gasteiger partial charge < -0.3 is 5.32 Å². The molecule has 19 heavy (non-hydrogen) atoms. The predicted octanol–water partition coefficient (Wildman–Crippen LogP) is 4.00. The van der Waals surface area contributed by atoms with Crippen LogP contribution in [0.25, 0.3) is 0 Å². The fourth-order valence-corrected chi connectivity index (χ4v) is 1.66. The number of benzene rings is 2. The molecule has 0 spiro atoms. The molecule has 2 aromatic rings. The number of anilines is 1. The summed E-state index contributed by atoms with van der Waals surface area (Å²) in [7, 11) is 0. The molecule has 0 aliphatic carbocycles. The molecular weight excluding hydrogens is 271 g/mol. The minimum atomic E-state index is -0.490. The van der Waals surface area contributed by atoms with E-state index in [2.05, 4.69) is 5.32 Å². The van der Waals surface area contributed by atoms with E-state index in [1.54, 1.807) is 18.2 Å². The van der Waals surface area contributed by atoms with Crippen molar-refractivity contribution in [3.8, 4) is 0 Å². The number of non-ortho nitro benzene ring substituents is 1. The summed E-state index contributed by atoms with van der Waals surface area (Å²) in [5.41, 5.74) is 1.50.